The molecule has 1 unspecified atom stereocenters. The standard InChI is InChI=1S/C17H14N2O5S/c20-16(24-12-13-5-2-1-3-6-13)7-4-8-19-17(21)14-9-15(25(22)23)11-18-10-14/h1-3,5-6,9-11H,8,12H2,(H,19,21)(H,22,23)/p-1. The third-order valence-electron chi connectivity index (χ3n) is 2.91. The number of ether oxygens (including phenoxy) is 1. The summed E-state index contributed by atoms with van der Waals surface area (Å²) in [5.74, 6) is 3.46. The van der Waals surface area contributed by atoms with Crippen LogP contribution >= 0.6 is 0 Å². The number of esters is 1. The molecule has 0 radical (unpaired) electrons. The molecule has 0 saturated heterocycles. The van der Waals surface area contributed by atoms with Crippen molar-refractivity contribution >= 4 is 23.0 Å². The molecule has 8 heteroatoms. The highest BCUT2D eigenvalue weighted by molar-refractivity contribution is 7.79. The highest BCUT2D eigenvalue weighted by atomic mass is 32.2. The van der Waals surface area contributed by atoms with Crippen molar-refractivity contribution in [2.45, 2.75) is 11.5 Å². The first-order chi connectivity index (χ1) is 12.1. The van der Waals surface area contributed by atoms with Crippen LogP contribution in [-0.2, 0) is 27.2 Å². The van der Waals surface area contributed by atoms with Gasteiger partial charge in [0.05, 0.1) is 12.1 Å². The van der Waals surface area contributed by atoms with Gasteiger partial charge >= 0.3 is 5.97 Å². The van der Waals surface area contributed by atoms with E-state index >= 15 is 0 Å². The minimum atomic E-state index is -2.47. The fourth-order valence-electron chi connectivity index (χ4n) is 1.74. The van der Waals surface area contributed by atoms with E-state index in [0.717, 1.165) is 11.8 Å². The molecule has 0 aliphatic carbocycles. The normalized spacial score (nSPS) is 10.9. The quantitative estimate of drug-likeness (QED) is 0.367. The van der Waals surface area contributed by atoms with Crippen molar-refractivity contribution in [3.8, 4) is 11.8 Å². The number of hydrogen-bond acceptors (Lipinski definition) is 6. The highest BCUT2D eigenvalue weighted by Crippen LogP contribution is 2.05. The van der Waals surface area contributed by atoms with E-state index in [-0.39, 0.29) is 23.6 Å². The number of pyridine rings is 1. The minimum absolute atomic E-state index is 0.0788. The monoisotopic (exact) mass is 357 g/mol. The number of carbonyl (C=O) groups is 2. The number of benzene rings is 1. The summed E-state index contributed by atoms with van der Waals surface area (Å²) < 4.78 is 26.6. The molecule has 0 aliphatic rings. The molecule has 1 aromatic heterocycles. The molecule has 128 valence electrons. The first-order valence-corrected chi connectivity index (χ1v) is 8.16. The Bertz CT molecular complexity index is 843. The molecular formula is C17H13N2O5S-. The van der Waals surface area contributed by atoms with E-state index in [4.69, 9.17) is 4.74 Å². The SMILES string of the molecule is O=C(C#CCNC(=O)c1cncc(S(=O)[O-])c1)OCc1ccccc1. The zero-order chi connectivity index (χ0) is 18.1. The molecule has 1 amide bonds. The smallest absolute Gasteiger partial charge is 0.384 e. The summed E-state index contributed by atoms with van der Waals surface area (Å²) in [7, 11) is 0. The van der Waals surface area contributed by atoms with Crippen molar-refractivity contribution in [1.29, 1.82) is 0 Å². The van der Waals surface area contributed by atoms with E-state index in [1.807, 2.05) is 30.3 Å². The number of amides is 1. The van der Waals surface area contributed by atoms with Crippen molar-refractivity contribution in [1.82, 2.24) is 10.3 Å². The Morgan fingerprint density at radius 2 is 2.00 bits per heavy atom. The molecule has 2 aromatic rings. The Morgan fingerprint density at radius 3 is 2.72 bits per heavy atom. The van der Waals surface area contributed by atoms with Crippen molar-refractivity contribution in [2.24, 2.45) is 0 Å². The minimum Gasteiger partial charge on any atom is -0.768 e. The first-order valence-electron chi connectivity index (χ1n) is 7.08. The molecule has 0 saturated carbocycles. The highest BCUT2D eigenvalue weighted by Gasteiger charge is 2.06. The maximum atomic E-state index is 11.8. The molecule has 1 atom stereocenters. The first kappa shape index (κ1) is 18.3. The zero-order valence-corrected chi connectivity index (χ0v) is 13.7. The average molecular weight is 357 g/mol. The lowest BCUT2D eigenvalue weighted by atomic mass is 10.2. The summed E-state index contributed by atoms with van der Waals surface area (Å²) in [6.07, 6.45) is 2.36. The van der Waals surface area contributed by atoms with E-state index in [0.29, 0.717) is 0 Å². The number of rotatable bonds is 5. The van der Waals surface area contributed by atoms with Gasteiger partial charge in [-0.05, 0) is 22.7 Å². The summed E-state index contributed by atoms with van der Waals surface area (Å²) >= 11 is -2.47. The molecule has 0 spiro atoms. The zero-order valence-electron chi connectivity index (χ0n) is 12.9. The largest absolute Gasteiger partial charge is 0.768 e. The Kier molecular flexibility index (Phi) is 6.83. The van der Waals surface area contributed by atoms with Gasteiger partial charge in [-0.15, -0.1) is 0 Å². The molecule has 2 rings (SSSR count). The van der Waals surface area contributed by atoms with Crippen LogP contribution in [0.2, 0.25) is 0 Å². The van der Waals surface area contributed by atoms with Crippen LogP contribution in [-0.4, -0.2) is 32.2 Å². The van der Waals surface area contributed by atoms with Crippen LogP contribution in [0.15, 0.2) is 53.7 Å². The molecule has 0 bridgehead atoms. The molecule has 1 N–H and O–H groups in total. The Labute approximate surface area is 146 Å². The molecule has 1 heterocycles. The van der Waals surface area contributed by atoms with Gasteiger partial charge in [0.25, 0.3) is 5.91 Å². The average Bonchev–Trinajstić information content (AvgIpc) is 2.64. The fourth-order valence-corrected chi connectivity index (χ4v) is 2.11. The lowest BCUT2D eigenvalue weighted by Gasteiger charge is -2.06. The maximum absolute atomic E-state index is 11.8. The van der Waals surface area contributed by atoms with E-state index in [1.54, 1.807) is 0 Å². The number of hydrogen-bond donors (Lipinski definition) is 1. The molecule has 1 aromatic carbocycles. The predicted molar refractivity (Wildman–Crippen MR) is 87.8 cm³/mol. The van der Waals surface area contributed by atoms with Crippen molar-refractivity contribution < 1.29 is 23.1 Å². The summed E-state index contributed by atoms with van der Waals surface area (Å²) in [6, 6.07) is 10.3. The van der Waals surface area contributed by atoms with E-state index in [9.17, 15) is 18.4 Å². The van der Waals surface area contributed by atoms with Crippen LogP contribution < -0.4 is 5.32 Å². The second-order valence-corrected chi connectivity index (χ2v) is 5.63. The summed E-state index contributed by atoms with van der Waals surface area (Å²) in [5.41, 5.74) is 0.921. The molecule has 0 fully saturated rings. The molecular weight excluding hydrogens is 344 g/mol. The summed E-state index contributed by atoms with van der Waals surface area (Å²) in [5, 5.41) is 2.43. The van der Waals surface area contributed by atoms with Crippen LogP contribution in [0.5, 0.6) is 0 Å². The number of nitrogens with zero attached hydrogens (tertiary/aromatic N) is 1. The van der Waals surface area contributed by atoms with Gasteiger partial charge in [-0.25, -0.2) is 4.79 Å². The van der Waals surface area contributed by atoms with Gasteiger partial charge in [0.15, 0.2) is 0 Å². The van der Waals surface area contributed by atoms with Gasteiger partial charge in [0.2, 0.25) is 0 Å². The number of nitrogens with one attached hydrogen (secondary N) is 1. The van der Waals surface area contributed by atoms with E-state index in [1.165, 1.54) is 12.3 Å². The molecule has 7 nitrogen and oxygen atoms in total. The van der Waals surface area contributed by atoms with Crippen molar-refractivity contribution in [3.63, 3.8) is 0 Å². The Morgan fingerprint density at radius 1 is 1.24 bits per heavy atom. The van der Waals surface area contributed by atoms with Crippen LogP contribution in [0.3, 0.4) is 0 Å². The predicted octanol–water partition coefficient (Wildman–Crippen LogP) is 0.796. The Hall–Kier alpha value is -3.02. The van der Waals surface area contributed by atoms with Crippen molar-refractivity contribution in [2.75, 3.05) is 6.54 Å². The second kappa shape index (κ2) is 9.32. The maximum Gasteiger partial charge on any atom is 0.384 e. The number of carbonyl (C=O) groups excluding carboxylic acids is 2. The molecule has 25 heavy (non-hydrogen) atoms. The number of aromatic nitrogens is 1. The Balaban J connectivity index is 1.79. The second-order valence-electron chi connectivity index (χ2n) is 4.69. The lowest BCUT2D eigenvalue weighted by Crippen LogP contribution is -2.24. The molecule has 0 aliphatic heterocycles. The van der Waals surface area contributed by atoms with Gasteiger partial charge in [0, 0.05) is 23.2 Å². The van der Waals surface area contributed by atoms with Crippen LogP contribution in [0.1, 0.15) is 15.9 Å². The third-order valence-corrected chi connectivity index (χ3v) is 3.52. The lowest BCUT2D eigenvalue weighted by molar-refractivity contribution is -0.137. The van der Waals surface area contributed by atoms with Crippen LogP contribution in [0.25, 0.3) is 0 Å². The topological polar surface area (TPSA) is 108 Å². The van der Waals surface area contributed by atoms with Crippen molar-refractivity contribution in [3.05, 3.63) is 59.9 Å². The van der Waals surface area contributed by atoms with E-state index < -0.39 is 23.0 Å². The van der Waals surface area contributed by atoms with Gasteiger partial charge in [-0.3, -0.25) is 14.0 Å². The van der Waals surface area contributed by atoms with Gasteiger partial charge in [-0.1, -0.05) is 36.3 Å². The fraction of sp³-hybridized carbons (Fsp3) is 0.118. The third kappa shape index (κ3) is 6.18. The summed E-state index contributed by atoms with van der Waals surface area (Å²) in [6.45, 7) is 0.0233. The van der Waals surface area contributed by atoms with Gasteiger partial charge in [0.1, 0.15) is 6.61 Å². The van der Waals surface area contributed by atoms with Crippen LogP contribution in [0, 0.1) is 11.8 Å². The van der Waals surface area contributed by atoms with Crippen LogP contribution in [0.4, 0.5) is 0 Å². The van der Waals surface area contributed by atoms with Gasteiger partial charge in [-0.2, -0.15) is 0 Å². The summed E-state index contributed by atoms with van der Waals surface area (Å²) in [4.78, 5) is 26.9. The van der Waals surface area contributed by atoms with Gasteiger partial charge < -0.3 is 14.6 Å². The van der Waals surface area contributed by atoms with E-state index in [2.05, 4.69) is 22.1 Å².